The molecule has 0 atom stereocenters. The Labute approximate surface area is 129 Å². The van der Waals surface area contributed by atoms with Crippen LogP contribution in [0.5, 0.6) is 0 Å². The largest absolute Gasteiger partial charge is 0.355 e. The van der Waals surface area contributed by atoms with Crippen molar-refractivity contribution in [2.45, 2.75) is 6.92 Å². The second-order valence-corrected chi connectivity index (χ2v) is 4.89. The number of rotatable bonds is 4. The van der Waals surface area contributed by atoms with Crippen molar-refractivity contribution >= 4 is 23.6 Å². The second-order valence-electron chi connectivity index (χ2n) is 4.89. The molecule has 2 amide bonds. The van der Waals surface area contributed by atoms with E-state index in [0.717, 1.165) is 16.8 Å². The average Bonchev–Trinajstić information content (AvgIpc) is 2.55. The Morgan fingerprint density at radius 1 is 0.955 bits per heavy atom. The summed E-state index contributed by atoms with van der Waals surface area (Å²) in [5.41, 5.74) is 3.34. The topological polar surface area (TPSA) is 58.2 Å². The van der Waals surface area contributed by atoms with E-state index in [1.54, 1.807) is 37.4 Å². The molecule has 4 heteroatoms. The van der Waals surface area contributed by atoms with Gasteiger partial charge in [-0.05, 0) is 42.8 Å². The summed E-state index contributed by atoms with van der Waals surface area (Å²) in [7, 11) is 1.59. The van der Waals surface area contributed by atoms with E-state index in [-0.39, 0.29) is 11.8 Å². The third-order valence-electron chi connectivity index (χ3n) is 3.15. The number of aryl methyl sites for hydroxylation is 1. The van der Waals surface area contributed by atoms with Crippen LogP contribution in [0, 0.1) is 6.92 Å². The molecule has 2 rings (SSSR count). The minimum Gasteiger partial charge on any atom is -0.355 e. The lowest BCUT2D eigenvalue weighted by molar-refractivity contribution is -0.111. The number of hydrogen-bond acceptors (Lipinski definition) is 2. The highest BCUT2D eigenvalue weighted by Crippen LogP contribution is 2.09. The van der Waals surface area contributed by atoms with E-state index in [4.69, 9.17) is 0 Å². The van der Waals surface area contributed by atoms with Gasteiger partial charge in [-0.15, -0.1) is 0 Å². The van der Waals surface area contributed by atoms with Crippen LogP contribution in [0.15, 0.2) is 54.6 Å². The molecular weight excluding hydrogens is 276 g/mol. The first kappa shape index (κ1) is 15.5. The Morgan fingerprint density at radius 3 is 2.18 bits per heavy atom. The van der Waals surface area contributed by atoms with Crippen molar-refractivity contribution in [1.82, 2.24) is 5.32 Å². The van der Waals surface area contributed by atoms with Gasteiger partial charge < -0.3 is 10.6 Å². The van der Waals surface area contributed by atoms with Crippen molar-refractivity contribution in [1.29, 1.82) is 0 Å². The zero-order chi connectivity index (χ0) is 15.9. The fourth-order valence-electron chi connectivity index (χ4n) is 1.88. The smallest absolute Gasteiger partial charge is 0.251 e. The average molecular weight is 294 g/mol. The standard InChI is InChI=1S/C18H18N2O2/c1-13-3-10-16(11-4-13)20-17(21)12-7-14-5-8-15(9-6-14)18(22)19-2/h3-12H,1-2H3,(H,19,22)(H,20,21)/b12-7+. The number of hydrogen-bond donors (Lipinski definition) is 2. The van der Waals surface area contributed by atoms with Crippen molar-refractivity contribution in [3.05, 3.63) is 71.3 Å². The molecule has 0 aliphatic rings. The van der Waals surface area contributed by atoms with Crippen LogP contribution >= 0.6 is 0 Å². The lowest BCUT2D eigenvalue weighted by atomic mass is 10.1. The van der Waals surface area contributed by atoms with Gasteiger partial charge in [0.1, 0.15) is 0 Å². The van der Waals surface area contributed by atoms with Gasteiger partial charge in [0.25, 0.3) is 5.91 Å². The highest BCUT2D eigenvalue weighted by Gasteiger charge is 2.01. The van der Waals surface area contributed by atoms with Crippen molar-refractivity contribution < 1.29 is 9.59 Å². The molecule has 112 valence electrons. The number of nitrogens with one attached hydrogen (secondary N) is 2. The first-order valence-electron chi connectivity index (χ1n) is 6.96. The molecule has 4 nitrogen and oxygen atoms in total. The van der Waals surface area contributed by atoms with Crippen LogP contribution in [0.1, 0.15) is 21.5 Å². The highest BCUT2D eigenvalue weighted by atomic mass is 16.2. The summed E-state index contributed by atoms with van der Waals surface area (Å²) in [5, 5.41) is 5.35. The summed E-state index contributed by atoms with van der Waals surface area (Å²) in [6, 6.07) is 14.6. The summed E-state index contributed by atoms with van der Waals surface area (Å²) >= 11 is 0. The lowest BCUT2D eigenvalue weighted by Crippen LogP contribution is -2.17. The SMILES string of the molecule is CNC(=O)c1ccc(/C=C/C(=O)Nc2ccc(C)cc2)cc1. The lowest BCUT2D eigenvalue weighted by Gasteiger charge is -2.02. The maximum atomic E-state index is 11.8. The van der Waals surface area contributed by atoms with Gasteiger partial charge in [0.15, 0.2) is 0 Å². The molecule has 22 heavy (non-hydrogen) atoms. The van der Waals surface area contributed by atoms with Crippen LogP contribution in [0.4, 0.5) is 5.69 Å². The maximum absolute atomic E-state index is 11.8. The van der Waals surface area contributed by atoms with Crippen molar-refractivity contribution in [3.8, 4) is 0 Å². The molecule has 0 radical (unpaired) electrons. The van der Waals surface area contributed by atoms with E-state index in [2.05, 4.69) is 10.6 Å². The van der Waals surface area contributed by atoms with Gasteiger partial charge in [-0.3, -0.25) is 9.59 Å². The van der Waals surface area contributed by atoms with Crippen LogP contribution in [0.3, 0.4) is 0 Å². The molecule has 0 aliphatic carbocycles. The first-order valence-corrected chi connectivity index (χ1v) is 6.96. The molecule has 0 fully saturated rings. The fourth-order valence-corrected chi connectivity index (χ4v) is 1.88. The Hall–Kier alpha value is -2.88. The number of carbonyl (C=O) groups is 2. The molecule has 0 aromatic heterocycles. The zero-order valence-electron chi connectivity index (χ0n) is 12.6. The summed E-state index contributed by atoms with van der Waals surface area (Å²) in [6.07, 6.45) is 3.17. The molecule has 2 aromatic rings. The predicted octanol–water partition coefficient (Wildman–Crippen LogP) is 3.01. The summed E-state index contributed by atoms with van der Waals surface area (Å²) in [5.74, 6) is -0.327. The minimum absolute atomic E-state index is 0.132. The molecule has 0 saturated heterocycles. The highest BCUT2D eigenvalue weighted by molar-refractivity contribution is 6.02. The molecule has 0 saturated carbocycles. The molecule has 0 unspecified atom stereocenters. The van der Waals surface area contributed by atoms with Gasteiger partial charge in [0, 0.05) is 24.4 Å². The van der Waals surface area contributed by atoms with Crippen molar-refractivity contribution in [2.24, 2.45) is 0 Å². The third kappa shape index (κ3) is 4.31. The van der Waals surface area contributed by atoms with Crippen molar-refractivity contribution in [3.63, 3.8) is 0 Å². The molecule has 0 spiro atoms. The van der Waals surface area contributed by atoms with Gasteiger partial charge in [-0.25, -0.2) is 0 Å². The van der Waals surface area contributed by atoms with E-state index in [1.165, 1.54) is 6.08 Å². The second kappa shape index (κ2) is 7.22. The normalized spacial score (nSPS) is 10.5. The molecule has 2 aromatic carbocycles. The zero-order valence-corrected chi connectivity index (χ0v) is 12.6. The van der Waals surface area contributed by atoms with E-state index in [1.807, 2.05) is 31.2 Å². The third-order valence-corrected chi connectivity index (χ3v) is 3.15. The maximum Gasteiger partial charge on any atom is 0.251 e. The predicted molar refractivity (Wildman–Crippen MR) is 88.7 cm³/mol. The molecule has 0 aliphatic heterocycles. The Morgan fingerprint density at radius 2 is 1.59 bits per heavy atom. The summed E-state index contributed by atoms with van der Waals surface area (Å²) in [4.78, 5) is 23.3. The van der Waals surface area contributed by atoms with E-state index < -0.39 is 0 Å². The Balaban J connectivity index is 1.97. The van der Waals surface area contributed by atoms with E-state index in [9.17, 15) is 9.59 Å². The van der Waals surface area contributed by atoms with Crippen LogP contribution in [-0.2, 0) is 4.79 Å². The molecule has 2 N–H and O–H groups in total. The van der Waals surface area contributed by atoms with Crippen LogP contribution in [0.2, 0.25) is 0 Å². The number of amides is 2. The molecular formula is C18H18N2O2. The van der Waals surface area contributed by atoms with Gasteiger partial charge in [-0.1, -0.05) is 29.8 Å². The Bertz CT molecular complexity index is 686. The minimum atomic E-state index is -0.195. The van der Waals surface area contributed by atoms with Crippen LogP contribution in [0.25, 0.3) is 6.08 Å². The van der Waals surface area contributed by atoms with Crippen LogP contribution < -0.4 is 10.6 Å². The first-order chi connectivity index (χ1) is 10.6. The van der Waals surface area contributed by atoms with E-state index >= 15 is 0 Å². The van der Waals surface area contributed by atoms with Gasteiger partial charge in [0.2, 0.25) is 5.91 Å². The monoisotopic (exact) mass is 294 g/mol. The molecule has 0 bridgehead atoms. The fraction of sp³-hybridized carbons (Fsp3) is 0.111. The number of carbonyl (C=O) groups excluding carboxylic acids is 2. The molecule has 0 heterocycles. The van der Waals surface area contributed by atoms with Crippen molar-refractivity contribution in [2.75, 3.05) is 12.4 Å². The van der Waals surface area contributed by atoms with Gasteiger partial charge in [0.05, 0.1) is 0 Å². The number of anilines is 1. The van der Waals surface area contributed by atoms with E-state index in [0.29, 0.717) is 5.56 Å². The van der Waals surface area contributed by atoms with Gasteiger partial charge in [-0.2, -0.15) is 0 Å². The summed E-state index contributed by atoms with van der Waals surface area (Å²) in [6.45, 7) is 1.99. The quantitative estimate of drug-likeness (QED) is 0.852. The van der Waals surface area contributed by atoms with Gasteiger partial charge >= 0.3 is 0 Å². The van der Waals surface area contributed by atoms with Crippen LogP contribution in [-0.4, -0.2) is 18.9 Å². The Kier molecular flexibility index (Phi) is 5.09. The summed E-state index contributed by atoms with van der Waals surface area (Å²) < 4.78 is 0. The number of benzene rings is 2.